The lowest BCUT2D eigenvalue weighted by molar-refractivity contribution is -0.132. The number of carbonyl (C=O) groups excluding carboxylic acids is 3. The Morgan fingerprint density at radius 1 is 0.740 bits per heavy atom. The summed E-state index contributed by atoms with van der Waals surface area (Å²) in [5.41, 5.74) is 4.45. The minimum Gasteiger partial charge on any atom is -0.496 e. The summed E-state index contributed by atoms with van der Waals surface area (Å²) < 4.78 is 11.4. The number of methoxy groups -OCH3 is 1. The molecule has 0 radical (unpaired) electrons. The van der Waals surface area contributed by atoms with Gasteiger partial charge in [-0.2, -0.15) is 0 Å². The van der Waals surface area contributed by atoms with Crippen LogP contribution in [0.15, 0.2) is 122 Å². The molecule has 0 bridgehead atoms. The molecule has 10 nitrogen and oxygen atoms in total. The number of ether oxygens (including phenoxy) is 2. The van der Waals surface area contributed by atoms with Crippen LogP contribution in [0.1, 0.15) is 34.4 Å². The van der Waals surface area contributed by atoms with Crippen LogP contribution >= 0.6 is 0 Å². The summed E-state index contributed by atoms with van der Waals surface area (Å²) in [6.45, 7) is 0.838. The number of para-hydroxylation sites is 1. The lowest BCUT2D eigenvalue weighted by Crippen LogP contribution is -2.55. The highest BCUT2D eigenvalue weighted by atomic mass is 16.5. The monoisotopic (exact) mass is 673 g/mol. The molecule has 2 atom stereocenters. The Balaban J connectivity index is 1.26. The second-order valence-electron chi connectivity index (χ2n) is 12.0. The van der Waals surface area contributed by atoms with Gasteiger partial charge in [-0.25, -0.2) is 4.98 Å². The average molecular weight is 674 g/mol. The van der Waals surface area contributed by atoms with Crippen LogP contribution in [0.3, 0.4) is 0 Å². The van der Waals surface area contributed by atoms with Gasteiger partial charge in [0.2, 0.25) is 17.7 Å². The first-order valence-corrected chi connectivity index (χ1v) is 16.7. The smallest absolute Gasteiger partial charge is 0.243 e. The van der Waals surface area contributed by atoms with Crippen molar-refractivity contribution in [1.82, 2.24) is 25.9 Å². The van der Waals surface area contributed by atoms with Crippen molar-refractivity contribution in [2.45, 2.75) is 50.8 Å². The normalized spacial score (nSPS) is 11.9. The predicted molar refractivity (Wildman–Crippen MR) is 192 cm³/mol. The molecule has 0 saturated heterocycles. The second kappa shape index (κ2) is 18.6. The Labute approximate surface area is 292 Å². The van der Waals surface area contributed by atoms with Gasteiger partial charge in [-0.05, 0) is 53.3 Å². The van der Waals surface area contributed by atoms with Crippen molar-refractivity contribution < 1.29 is 23.9 Å². The van der Waals surface area contributed by atoms with Gasteiger partial charge in [0.25, 0.3) is 0 Å². The molecule has 4 N–H and O–H groups in total. The minimum absolute atomic E-state index is 0.113. The zero-order valence-electron chi connectivity index (χ0n) is 28.1. The Morgan fingerprint density at radius 2 is 1.42 bits per heavy atom. The van der Waals surface area contributed by atoms with Crippen LogP contribution < -0.4 is 25.4 Å². The summed E-state index contributed by atoms with van der Waals surface area (Å²) in [6, 6.07) is 32.6. The number of nitrogens with zero attached hydrogens (tertiary/aromatic N) is 1. The Morgan fingerprint density at radius 3 is 2.12 bits per heavy atom. The van der Waals surface area contributed by atoms with E-state index in [0.29, 0.717) is 37.4 Å². The highest BCUT2D eigenvalue weighted by Crippen LogP contribution is 2.19. The Bertz CT molecular complexity index is 1780. The van der Waals surface area contributed by atoms with Crippen molar-refractivity contribution in [2.75, 3.05) is 13.7 Å². The van der Waals surface area contributed by atoms with Crippen LogP contribution in [0.25, 0.3) is 0 Å². The average Bonchev–Trinajstić information content (AvgIpc) is 3.66. The number of aromatic amines is 1. The van der Waals surface area contributed by atoms with Gasteiger partial charge in [0.1, 0.15) is 30.2 Å². The van der Waals surface area contributed by atoms with Crippen LogP contribution in [-0.2, 0) is 46.7 Å². The number of nitrogens with one attached hydrogen (secondary N) is 4. The first-order valence-electron chi connectivity index (χ1n) is 16.7. The van der Waals surface area contributed by atoms with Gasteiger partial charge in [-0.15, -0.1) is 0 Å². The Kier molecular flexibility index (Phi) is 13.2. The SMILES string of the molecule is COc1ccccc1CCCNC(=O)C(Cc1ccc(OCc2ccccc2)cc1)NC(=O)C(Cc1cnc[nH]1)NC(=O)Cc1ccccc1. The molecule has 1 heterocycles. The van der Waals surface area contributed by atoms with E-state index in [1.807, 2.05) is 109 Å². The summed E-state index contributed by atoms with van der Waals surface area (Å²) in [6.07, 6.45) is 5.04. The molecular formula is C40H43N5O5. The predicted octanol–water partition coefficient (Wildman–Crippen LogP) is 4.74. The number of amides is 3. The number of aromatic nitrogens is 2. The number of benzene rings is 4. The van der Waals surface area contributed by atoms with Crippen molar-refractivity contribution in [3.8, 4) is 11.5 Å². The molecule has 0 aliphatic rings. The molecule has 0 spiro atoms. The molecule has 0 aliphatic carbocycles. The molecule has 1 aromatic heterocycles. The van der Waals surface area contributed by atoms with Crippen LogP contribution in [0.4, 0.5) is 0 Å². The van der Waals surface area contributed by atoms with Gasteiger partial charge in [0.05, 0.1) is 19.9 Å². The number of hydrogen-bond acceptors (Lipinski definition) is 6. The van der Waals surface area contributed by atoms with Crippen molar-refractivity contribution in [1.29, 1.82) is 0 Å². The topological polar surface area (TPSA) is 134 Å². The molecular weight excluding hydrogens is 630 g/mol. The van der Waals surface area contributed by atoms with Crippen molar-refractivity contribution in [3.05, 3.63) is 150 Å². The van der Waals surface area contributed by atoms with Gasteiger partial charge < -0.3 is 30.4 Å². The van der Waals surface area contributed by atoms with E-state index in [1.54, 1.807) is 13.3 Å². The fourth-order valence-electron chi connectivity index (χ4n) is 5.56. The number of H-pyrrole nitrogens is 1. The van der Waals surface area contributed by atoms with E-state index in [1.165, 1.54) is 6.33 Å². The van der Waals surface area contributed by atoms with Gasteiger partial charge in [0, 0.05) is 31.3 Å². The van der Waals surface area contributed by atoms with E-state index in [2.05, 4.69) is 25.9 Å². The summed E-state index contributed by atoms with van der Waals surface area (Å²) in [7, 11) is 1.64. The molecule has 2 unspecified atom stereocenters. The highest BCUT2D eigenvalue weighted by Gasteiger charge is 2.28. The van der Waals surface area contributed by atoms with Crippen LogP contribution in [0.2, 0.25) is 0 Å². The zero-order chi connectivity index (χ0) is 35.0. The lowest BCUT2D eigenvalue weighted by Gasteiger charge is -2.23. The molecule has 3 amide bonds. The molecule has 50 heavy (non-hydrogen) atoms. The Hall–Kier alpha value is -5.90. The number of rotatable bonds is 18. The van der Waals surface area contributed by atoms with E-state index in [9.17, 15) is 14.4 Å². The van der Waals surface area contributed by atoms with Gasteiger partial charge in [-0.1, -0.05) is 91.0 Å². The number of aryl methyl sites for hydroxylation is 1. The molecule has 5 rings (SSSR count). The van der Waals surface area contributed by atoms with Gasteiger partial charge in [0.15, 0.2) is 0 Å². The van der Waals surface area contributed by atoms with E-state index in [-0.39, 0.29) is 31.1 Å². The number of hydrogen-bond donors (Lipinski definition) is 4. The summed E-state index contributed by atoms with van der Waals surface area (Å²) in [5, 5.41) is 8.80. The molecule has 0 aliphatic heterocycles. The summed E-state index contributed by atoms with van der Waals surface area (Å²) in [5.74, 6) is 0.397. The zero-order valence-corrected chi connectivity index (χ0v) is 28.1. The molecule has 258 valence electrons. The maximum atomic E-state index is 13.8. The molecule has 4 aromatic carbocycles. The third-order valence-corrected chi connectivity index (χ3v) is 8.20. The van der Waals surface area contributed by atoms with Gasteiger partial charge >= 0.3 is 0 Å². The van der Waals surface area contributed by atoms with Crippen LogP contribution in [0.5, 0.6) is 11.5 Å². The third-order valence-electron chi connectivity index (χ3n) is 8.20. The van der Waals surface area contributed by atoms with E-state index >= 15 is 0 Å². The van der Waals surface area contributed by atoms with E-state index in [4.69, 9.17) is 9.47 Å². The molecule has 10 heteroatoms. The first-order chi connectivity index (χ1) is 24.5. The third kappa shape index (κ3) is 11.1. The lowest BCUT2D eigenvalue weighted by atomic mass is 10.0. The molecule has 5 aromatic rings. The van der Waals surface area contributed by atoms with E-state index in [0.717, 1.165) is 28.0 Å². The minimum atomic E-state index is -0.943. The van der Waals surface area contributed by atoms with Crippen molar-refractivity contribution in [2.24, 2.45) is 0 Å². The van der Waals surface area contributed by atoms with Crippen molar-refractivity contribution in [3.63, 3.8) is 0 Å². The maximum Gasteiger partial charge on any atom is 0.243 e. The quantitative estimate of drug-likeness (QED) is 0.0994. The summed E-state index contributed by atoms with van der Waals surface area (Å²) in [4.78, 5) is 47.6. The van der Waals surface area contributed by atoms with Crippen LogP contribution in [0, 0.1) is 0 Å². The fraction of sp³-hybridized carbons (Fsp3) is 0.250. The molecule has 0 saturated carbocycles. The van der Waals surface area contributed by atoms with Crippen LogP contribution in [-0.4, -0.2) is 53.4 Å². The summed E-state index contributed by atoms with van der Waals surface area (Å²) >= 11 is 0. The van der Waals surface area contributed by atoms with Crippen molar-refractivity contribution >= 4 is 17.7 Å². The number of carbonyl (C=O) groups is 3. The van der Waals surface area contributed by atoms with Gasteiger partial charge in [-0.3, -0.25) is 14.4 Å². The number of imidazole rings is 1. The van der Waals surface area contributed by atoms with E-state index < -0.39 is 18.0 Å². The first kappa shape index (κ1) is 35.4. The highest BCUT2D eigenvalue weighted by molar-refractivity contribution is 5.92. The second-order valence-corrected chi connectivity index (χ2v) is 12.0. The fourth-order valence-corrected chi connectivity index (χ4v) is 5.56. The molecule has 0 fully saturated rings. The standard InChI is InChI=1S/C40H43N5O5/c1-49-37-17-9-8-15-32(37)16-10-22-42-39(47)35(23-30-18-20-34(21-19-30)50-27-31-13-6-3-7-14-31)45-40(48)36(25-33-26-41-28-43-33)44-38(46)24-29-11-4-2-5-12-29/h2-9,11-15,17-21,26,28,35-36H,10,16,22-25,27H2,1H3,(H,41,43)(H,42,47)(H,44,46)(H,45,48). The largest absolute Gasteiger partial charge is 0.496 e. The maximum absolute atomic E-state index is 13.8.